The number of fused-ring (bicyclic) bond motifs is 1. The van der Waals surface area contributed by atoms with Crippen molar-refractivity contribution in [2.75, 3.05) is 37.6 Å². The molecule has 0 unspecified atom stereocenters. The van der Waals surface area contributed by atoms with Gasteiger partial charge < -0.3 is 14.9 Å². The number of aliphatic hydroxyl groups excluding tert-OH is 1. The number of piperazine rings is 1. The number of aliphatic hydroxyl groups is 1. The van der Waals surface area contributed by atoms with Crippen molar-refractivity contribution in [3.8, 4) is 0 Å². The number of aromatic nitrogens is 1. The van der Waals surface area contributed by atoms with Crippen molar-refractivity contribution in [3.63, 3.8) is 0 Å². The lowest BCUT2D eigenvalue weighted by molar-refractivity contribution is 0.267. The summed E-state index contributed by atoms with van der Waals surface area (Å²) in [6.07, 6.45) is 0. The second-order valence-electron chi connectivity index (χ2n) is 5.33. The molecule has 1 aliphatic rings. The van der Waals surface area contributed by atoms with Crippen LogP contribution in [0.2, 0.25) is 5.15 Å². The number of pyridine rings is 1. The molecule has 1 saturated heterocycles. The summed E-state index contributed by atoms with van der Waals surface area (Å²) in [5.41, 5.74) is 2.66. The molecule has 112 valence electrons. The Hall–Kier alpha value is -1.36. The Morgan fingerprint density at radius 2 is 1.90 bits per heavy atom. The van der Waals surface area contributed by atoms with Crippen molar-refractivity contribution >= 4 is 28.2 Å². The number of benzene rings is 1. The van der Waals surface area contributed by atoms with Gasteiger partial charge >= 0.3 is 0 Å². The maximum atomic E-state index is 9.73. The summed E-state index contributed by atoms with van der Waals surface area (Å²) < 4.78 is 0. The second-order valence-corrected chi connectivity index (χ2v) is 5.68. The molecule has 4 nitrogen and oxygen atoms in total. The van der Waals surface area contributed by atoms with Gasteiger partial charge in [0.05, 0.1) is 17.8 Å². The predicted molar refractivity (Wildman–Crippen MR) is 87.0 cm³/mol. The molecule has 0 saturated carbocycles. The van der Waals surface area contributed by atoms with Crippen LogP contribution in [0, 0.1) is 0 Å². The molecule has 0 amide bonds. The van der Waals surface area contributed by atoms with Gasteiger partial charge in [-0.1, -0.05) is 36.7 Å². The van der Waals surface area contributed by atoms with Crippen molar-refractivity contribution in [3.05, 3.63) is 35.0 Å². The Balaban J connectivity index is 2.07. The first-order valence-electron chi connectivity index (χ1n) is 7.40. The number of hydrogen-bond donors (Lipinski definition) is 1. The van der Waals surface area contributed by atoms with Gasteiger partial charge in [-0.2, -0.15) is 0 Å². The van der Waals surface area contributed by atoms with E-state index < -0.39 is 0 Å². The molecule has 0 bridgehead atoms. The number of hydrogen-bond acceptors (Lipinski definition) is 4. The van der Waals surface area contributed by atoms with Crippen molar-refractivity contribution in [1.82, 2.24) is 9.88 Å². The van der Waals surface area contributed by atoms with E-state index in [2.05, 4.69) is 27.8 Å². The lowest BCUT2D eigenvalue weighted by atomic mass is 10.1. The van der Waals surface area contributed by atoms with Crippen LogP contribution in [0.4, 0.5) is 5.69 Å². The van der Waals surface area contributed by atoms with Gasteiger partial charge in [-0.25, -0.2) is 4.98 Å². The first-order valence-corrected chi connectivity index (χ1v) is 7.77. The normalized spacial score (nSPS) is 16.6. The molecule has 1 aliphatic heterocycles. The highest BCUT2D eigenvalue weighted by molar-refractivity contribution is 6.31. The van der Waals surface area contributed by atoms with Crippen molar-refractivity contribution in [2.45, 2.75) is 13.5 Å². The van der Waals surface area contributed by atoms with E-state index in [1.807, 2.05) is 18.2 Å². The van der Waals surface area contributed by atoms with Crippen LogP contribution >= 0.6 is 11.6 Å². The standard InChI is InChI=1S/C16H20ClN3O/c1-2-19-7-9-20(10-8-19)15-12-5-3-4-6-14(12)18-16(17)13(15)11-21/h3-6,21H,2,7-11H2,1H3. The minimum Gasteiger partial charge on any atom is -0.391 e. The third kappa shape index (κ3) is 2.71. The first-order chi connectivity index (χ1) is 10.2. The Labute approximate surface area is 129 Å². The minimum atomic E-state index is -0.0833. The Morgan fingerprint density at radius 3 is 2.57 bits per heavy atom. The lowest BCUT2D eigenvalue weighted by Crippen LogP contribution is -2.46. The maximum Gasteiger partial charge on any atom is 0.137 e. The maximum absolute atomic E-state index is 9.73. The van der Waals surface area contributed by atoms with E-state index in [4.69, 9.17) is 11.6 Å². The summed E-state index contributed by atoms with van der Waals surface area (Å²) in [6, 6.07) is 7.99. The fourth-order valence-corrected chi connectivity index (χ4v) is 3.23. The Morgan fingerprint density at radius 1 is 1.19 bits per heavy atom. The van der Waals surface area contributed by atoms with Gasteiger partial charge in [-0.15, -0.1) is 0 Å². The molecule has 1 aromatic heterocycles. The topological polar surface area (TPSA) is 39.6 Å². The quantitative estimate of drug-likeness (QED) is 0.885. The molecule has 1 N–H and O–H groups in total. The zero-order valence-corrected chi connectivity index (χ0v) is 13.0. The molecule has 0 radical (unpaired) electrons. The van der Waals surface area contributed by atoms with E-state index in [1.54, 1.807) is 0 Å². The predicted octanol–water partition coefficient (Wildman–Crippen LogP) is 2.52. The second kappa shape index (κ2) is 6.18. The van der Waals surface area contributed by atoms with E-state index >= 15 is 0 Å². The third-order valence-corrected chi connectivity index (χ3v) is 4.52. The van der Waals surface area contributed by atoms with Crippen LogP contribution in [0.3, 0.4) is 0 Å². The molecule has 0 atom stereocenters. The van der Waals surface area contributed by atoms with E-state index in [0.29, 0.717) is 5.15 Å². The van der Waals surface area contributed by atoms with Crippen LogP contribution in [0.25, 0.3) is 10.9 Å². The van der Waals surface area contributed by atoms with Crippen LogP contribution < -0.4 is 4.90 Å². The van der Waals surface area contributed by atoms with Gasteiger partial charge in [-0.05, 0) is 12.6 Å². The average molecular weight is 306 g/mol. The molecular formula is C16H20ClN3O. The summed E-state index contributed by atoms with van der Waals surface area (Å²) in [5, 5.41) is 11.2. The highest BCUT2D eigenvalue weighted by atomic mass is 35.5. The molecule has 2 aromatic rings. The van der Waals surface area contributed by atoms with Gasteiger partial charge in [0.1, 0.15) is 5.15 Å². The molecule has 0 spiro atoms. The molecular weight excluding hydrogens is 286 g/mol. The summed E-state index contributed by atoms with van der Waals surface area (Å²) in [4.78, 5) is 9.16. The Bertz CT molecular complexity index is 639. The van der Waals surface area contributed by atoms with E-state index in [1.165, 1.54) is 0 Å². The van der Waals surface area contributed by atoms with E-state index in [-0.39, 0.29) is 6.61 Å². The number of halogens is 1. The zero-order chi connectivity index (χ0) is 14.8. The van der Waals surface area contributed by atoms with Gasteiger partial charge in [0, 0.05) is 37.1 Å². The van der Waals surface area contributed by atoms with Crippen LogP contribution in [0.5, 0.6) is 0 Å². The summed E-state index contributed by atoms with van der Waals surface area (Å²) in [6.45, 7) is 7.16. The van der Waals surface area contributed by atoms with Crippen LogP contribution in [0.1, 0.15) is 12.5 Å². The fourth-order valence-electron chi connectivity index (χ4n) is 2.99. The van der Waals surface area contributed by atoms with Gasteiger partial charge in [0.25, 0.3) is 0 Å². The van der Waals surface area contributed by atoms with Crippen molar-refractivity contribution < 1.29 is 5.11 Å². The highest BCUT2D eigenvalue weighted by Crippen LogP contribution is 2.34. The summed E-state index contributed by atoms with van der Waals surface area (Å²) >= 11 is 6.28. The molecule has 21 heavy (non-hydrogen) atoms. The van der Waals surface area contributed by atoms with Gasteiger partial charge in [0.2, 0.25) is 0 Å². The minimum absolute atomic E-state index is 0.0833. The van der Waals surface area contributed by atoms with Gasteiger partial charge in [0.15, 0.2) is 0 Å². The number of likely N-dealkylation sites (N-methyl/N-ethyl adjacent to an activating group) is 1. The number of para-hydroxylation sites is 1. The number of anilines is 1. The highest BCUT2D eigenvalue weighted by Gasteiger charge is 2.22. The first kappa shape index (κ1) is 14.6. The monoisotopic (exact) mass is 305 g/mol. The fraction of sp³-hybridized carbons (Fsp3) is 0.438. The third-order valence-electron chi connectivity index (χ3n) is 4.21. The molecule has 1 fully saturated rings. The van der Waals surface area contributed by atoms with E-state index in [9.17, 15) is 5.11 Å². The largest absolute Gasteiger partial charge is 0.391 e. The van der Waals surface area contributed by atoms with Crippen LogP contribution in [-0.4, -0.2) is 47.7 Å². The molecule has 0 aliphatic carbocycles. The smallest absolute Gasteiger partial charge is 0.137 e. The van der Waals surface area contributed by atoms with Crippen LogP contribution in [-0.2, 0) is 6.61 Å². The molecule has 5 heteroatoms. The molecule has 3 rings (SSSR count). The number of rotatable bonds is 3. The molecule has 2 heterocycles. The average Bonchev–Trinajstić information content (AvgIpc) is 2.53. The number of nitrogens with zero attached hydrogens (tertiary/aromatic N) is 3. The van der Waals surface area contributed by atoms with Crippen LogP contribution in [0.15, 0.2) is 24.3 Å². The van der Waals surface area contributed by atoms with Gasteiger partial charge in [-0.3, -0.25) is 0 Å². The lowest BCUT2D eigenvalue weighted by Gasteiger charge is -2.37. The van der Waals surface area contributed by atoms with Crippen molar-refractivity contribution in [1.29, 1.82) is 0 Å². The SMILES string of the molecule is CCN1CCN(c2c(CO)c(Cl)nc3ccccc23)CC1. The van der Waals surface area contributed by atoms with Crippen molar-refractivity contribution in [2.24, 2.45) is 0 Å². The zero-order valence-electron chi connectivity index (χ0n) is 12.2. The molecule has 1 aromatic carbocycles. The Kier molecular flexibility index (Phi) is 4.29. The summed E-state index contributed by atoms with van der Waals surface area (Å²) in [7, 11) is 0. The van der Waals surface area contributed by atoms with E-state index in [0.717, 1.165) is 54.9 Å². The summed E-state index contributed by atoms with van der Waals surface area (Å²) in [5.74, 6) is 0.